The summed E-state index contributed by atoms with van der Waals surface area (Å²) in [6.45, 7) is 73.8. The van der Waals surface area contributed by atoms with Crippen LogP contribution in [0.25, 0.3) is 0 Å². The first-order valence-corrected chi connectivity index (χ1v) is 41.8. The van der Waals surface area contributed by atoms with E-state index in [4.69, 9.17) is 27.9 Å². The van der Waals surface area contributed by atoms with Gasteiger partial charge in [0.05, 0.1) is 18.7 Å². The molecule has 1 amide bonds. The van der Waals surface area contributed by atoms with Crippen molar-refractivity contribution in [2.24, 2.45) is 17.2 Å². The quantitative estimate of drug-likeness (QED) is 0.0572. The Hall–Kier alpha value is -9.35. The number of ether oxygens (including phenoxy) is 2. The van der Waals surface area contributed by atoms with Crippen LogP contribution >= 0.6 is 0 Å². The van der Waals surface area contributed by atoms with Gasteiger partial charge >= 0.3 is 12.7 Å². The number of rotatable bonds is 8. The first-order chi connectivity index (χ1) is 54.7. The average Bonchev–Trinajstić information content (AvgIpc) is 0.810. The zero-order chi connectivity index (χ0) is 92.8. The maximum atomic E-state index is 12.7. The van der Waals surface area contributed by atoms with Gasteiger partial charge in [0, 0.05) is 30.8 Å². The van der Waals surface area contributed by atoms with Gasteiger partial charge in [0.1, 0.15) is 11.6 Å². The minimum atomic E-state index is -2.77. The van der Waals surface area contributed by atoms with Crippen LogP contribution in [0.1, 0.15) is 321 Å². The number of alkyl halides is 4. The highest BCUT2D eigenvalue weighted by Gasteiger charge is 2.25. The number of hydrogen-bond acceptors (Lipinski definition) is 7. The lowest BCUT2D eigenvalue weighted by molar-refractivity contribution is -0.0509. The molecule has 0 bridgehead atoms. The van der Waals surface area contributed by atoms with Crippen molar-refractivity contribution in [3.63, 3.8) is 0 Å². The van der Waals surface area contributed by atoms with Crippen molar-refractivity contribution in [3.05, 3.63) is 310 Å². The van der Waals surface area contributed by atoms with Crippen LogP contribution in [-0.4, -0.2) is 25.7 Å². The molecule has 0 spiro atoms. The number of nitrogens with two attached hydrogens (primary N) is 3. The van der Waals surface area contributed by atoms with Crippen LogP contribution in [-0.2, 0) is 73.1 Å². The maximum absolute atomic E-state index is 12.7. The fourth-order valence-corrected chi connectivity index (χ4v) is 12.8. The molecule has 13 heteroatoms. The van der Waals surface area contributed by atoms with Crippen LogP contribution in [0.15, 0.2) is 182 Å². The van der Waals surface area contributed by atoms with Crippen LogP contribution < -0.4 is 27.3 Å². The Morgan fingerprint density at radius 1 is 0.383 bits per heavy atom. The molecular weight excluding hydrogens is 1490 g/mol. The van der Waals surface area contributed by atoms with Gasteiger partial charge < -0.3 is 32.0 Å². The topological polar surface area (TPSA) is 173 Å². The third-order valence-electron chi connectivity index (χ3n) is 19.8. The molecule has 0 fully saturated rings. The lowest BCUT2D eigenvalue weighted by Gasteiger charge is -2.23. The van der Waals surface area contributed by atoms with Gasteiger partial charge in [0.15, 0.2) is 0 Å². The molecular formula is C107H154F4N6O3. The van der Waals surface area contributed by atoms with Crippen molar-refractivity contribution in [3.8, 4) is 11.8 Å². The molecule has 0 aliphatic heterocycles. The summed E-state index contributed by atoms with van der Waals surface area (Å²) < 4.78 is 58.7. The third kappa shape index (κ3) is 39.9. The van der Waals surface area contributed by atoms with E-state index < -0.39 is 19.1 Å². The fourth-order valence-electron chi connectivity index (χ4n) is 12.8. The van der Waals surface area contributed by atoms with Gasteiger partial charge in [-0.25, -0.2) is 13.6 Å². The molecule has 0 aliphatic carbocycles. The Morgan fingerprint density at radius 3 is 1.02 bits per heavy atom. The number of halogens is 4. The number of amides is 1. The van der Waals surface area contributed by atoms with E-state index in [1.807, 2.05) is 116 Å². The standard InChI is InChI=1S/C13H19NO2.C12H16F2O.C12H16F2.C12H19N.C12H15N.2C12H18.C11H16N2.C11H17N/c1-13(2,3)11-7-5-10(6-8-11)9-14-12(15)16-4;1-8-5-6-10(15-11(13)14)9(7-8)12(2,3)4;1-8-5-6-9(11(13)14)10(7-8)12(2,3)4;1-9-7-10(8-13)5-6-11(9)12(2,3)4;1-9-5-6-10(8-13)11(7-9)12(2,3)4;2*1-9-6-7-10(2)11(8-9)12(3,4)5;1-11(2,3)9-6-4-8(5-7-9)10(12)13;1-11(2,3)10-6-4-9(8-12)5-7-10/h5-8H,9H2,1-4H3,(H,14,15);5-7,11H,1-4H3;5-7,11H,1-4H3;5-7H,8,13H2,1-4H3;5-7H,1-4H3;2*6-8H,1-5H3;4-7H,1-3H3,(H3,12,13);4-7H,8,12H2,1-3H3. The van der Waals surface area contributed by atoms with Crippen molar-refractivity contribution in [2.75, 3.05) is 7.11 Å². The maximum Gasteiger partial charge on any atom is 0.407 e. The van der Waals surface area contributed by atoms with Crippen molar-refractivity contribution in [2.45, 2.75) is 324 Å². The molecule has 9 aromatic rings. The Bertz CT molecular complexity index is 4600. The number of alkyl carbamates (subject to hydrolysis) is 1. The zero-order valence-corrected chi connectivity index (χ0v) is 80.5. The van der Waals surface area contributed by atoms with E-state index in [-0.39, 0.29) is 65.9 Å². The van der Waals surface area contributed by atoms with Crippen molar-refractivity contribution in [1.82, 2.24) is 5.32 Å². The molecule has 9 rings (SSSR count). The molecule has 0 aromatic heterocycles. The summed E-state index contributed by atoms with van der Waals surface area (Å²) in [5, 5.41) is 18.8. The Morgan fingerprint density at radius 2 is 0.708 bits per heavy atom. The fraction of sp³-hybridized carbons (Fsp3) is 0.467. The largest absolute Gasteiger partial charge is 0.453 e. The van der Waals surface area contributed by atoms with Gasteiger partial charge in [-0.05, 0) is 200 Å². The van der Waals surface area contributed by atoms with E-state index in [9.17, 15) is 22.4 Å². The highest BCUT2D eigenvalue weighted by Crippen LogP contribution is 2.36. The molecule has 0 heterocycles. The van der Waals surface area contributed by atoms with E-state index in [1.165, 1.54) is 91.1 Å². The summed E-state index contributed by atoms with van der Waals surface area (Å²) in [5.41, 5.74) is 43.7. The molecule has 120 heavy (non-hydrogen) atoms. The number of methoxy groups -OCH3 is 1. The third-order valence-corrected chi connectivity index (χ3v) is 19.8. The first kappa shape index (κ1) is 109. The molecule has 9 nitrogen and oxygen atoms in total. The summed E-state index contributed by atoms with van der Waals surface area (Å²) in [6.07, 6.45) is -2.79. The number of nitrogens with one attached hydrogen (secondary N) is 2. The second kappa shape index (κ2) is 47.2. The number of aryl methyl sites for hydroxylation is 8. The average molecular weight is 1650 g/mol. The molecule has 8 N–H and O–H groups in total. The van der Waals surface area contributed by atoms with Crippen LogP contribution in [0.3, 0.4) is 0 Å². The van der Waals surface area contributed by atoms with Crippen molar-refractivity contribution >= 4 is 11.9 Å². The molecule has 9 aromatic carbocycles. The predicted molar refractivity (Wildman–Crippen MR) is 507 cm³/mol. The summed E-state index contributed by atoms with van der Waals surface area (Å²) in [4.78, 5) is 10.9. The smallest absolute Gasteiger partial charge is 0.407 e. The SMILES string of the molecule is CC(C)(C)c1ccc(C(=N)N)cc1.CC(C)(C)c1ccc(CN)cc1.COC(=O)NCc1ccc(C(C)(C)C)cc1.Cc1cc(CN)ccc1C(C)(C)C.Cc1ccc(C#N)c(C(C)(C)C)c1.Cc1ccc(C(F)F)c(C(C)(C)C)c1.Cc1ccc(C)c(C(C)(C)C)c1.Cc1ccc(C)c(C(C)(C)C)c1.Cc1ccc(OC(F)F)c(C(C)(C)C)c1. The number of benzene rings is 9. The number of carbonyl (C=O) groups is 1. The van der Waals surface area contributed by atoms with E-state index in [2.05, 4.69) is 305 Å². The first-order valence-electron chi connectivity index (χ1n) is 41.8. The van der Waals surface area contributed by atoms with E-state index in [1.54, 1.807) is 18.2 Å². The number of carbonyl (C=O) groups excluding carboxylic acids is 1. The van der Waals surface area contributed by atoms with Crippen LogP contribution in [0.4, 0.5) is 22.4 Å². The minimum absolute atomic E-state index is 0.0527. The van der Waals surface area contributed by atoms with Crippen LogP contribution in [0.5, 0.6) is 5.75 Å². The summed E-state index contributed by atoms with van der Waals surface area (Å²) in [6, 6.07) is 63.0. The van der Waals surface area contributed by atoms with E-state index in [0.29, 0.717) is 19.6 Å². The van der Waals surface area contributed by atoms with Crippen molar-refractivity contribution < 1.29 is 31.8 Å². The zero-order valence-electron chi connectivity index (χ0n) is 80.5. The Balaban J connectivity index is 0.000000676. The number of amidine groups is 1. The Labute approximate surface area is 725 Å². The highest BCUT2D eigenvalue weighted by atomic mass is 19.3. The van der Waals surface area contributed by atoms with E-state index in [0.717, 1.165) is 44.5 Å². The van der Waals surface area contributed by atoms with Gasteiger partial charge in [0.25, 0.3) is 6.43 Å². The number of nitrogens with zero attached hydrogens (tertiary/aromatic N) is 1. The van der Waals surface area contributed by atoms with Crippen LogP contribution in [0, 0.1) is 72.1 Å². The lowest BCUT2D eigenvalue weighted by Crippen LogP contribution is -2.22. The molecule has 0 unspecified atom stereocenters. The van der Waals surface area contributed by atoms with Gasteiger partial charge in [0.2, 0.25) is 0 Å². The predicted octanol–water partition coefficient (Wildman–Crippen LogP) is 28.8. The molecule has 0 atom stereocenters. The van der Waals surface area contributed by atoms with Gasteiger partial charge in [-0.15, -0.1) is 0 Å². The van der Waals surface area contributed by atoms with Crippen LogP contribution in [0.2, 0.25) is 0 Å². The second-order valence-electron chi connectivity index (χ2n) is 40.6. The normalized spacial score (nSPS) is 11.6. The highest BCUT2D eigenvalue weighted by molar-refractivity contribution is 5.94. The van der Waals surface area contributed by atoms with Gasteiger partial charge in [-0.1, -0.05) is 385 Å². The molecule has 0 saturated heterocycles. The molecule has 658 valence electrons. The van der Waals surface area contributed by atoms with E-state index >= 15 is 0 Å². The summed E-state index contributed by atoms with van der Waals surface area (Å²) in [7, 11) is 1.36. The van der Waals surface area contributed by atoms with Gasteiger partial charge in [-0.2, -0.15) is 14.0 Å². The second-order valence-corrected chi connectivity index (χ2v) is 40.6. The van der Waals surface area contributed by atoms with Gasteiger partial charge in [-0.3, -0.25) is 5.41 Å². The number of hydrogen-bond donors (Lipinski definition) is 5. The monoisotopic (exact) mass is 1650 g/mol. The molecule has 0 radical (unpaired) electrons. The molecule has 0 saturated carbocycles. The number of nitrogen functional groups attached to an aromatic ring is 1. The minimum Gasteiger partial charge on any atom is -0.453 e. The number of nitriles is 1. The summed E-state index contributed by atoms with van der Waals surface area (Å²) >= 11 is 0. The Kier molecular flexibility index (Phi) is 42.7. The molecule has 0 aliphatic rings. The van der Waals surface area contributed by atoms with Crippen molar-refractivity contribution in [1.29, 1.82) is 10.7 Å². The summed E-state index contributed by atoms with van der Waals surface area (Å²) in [5.74, 6) is 0.392. The lowest BCUT2D eigenvalue weighted by atomic mass is 9.83.